The van der Waals surface area contributed by atoms with Crippen LogP contribution in [0.5, 0.6) is 0 Å². The molecule has 0 bridgehead atoms. The van der Waals surface area contributed by atoms with Gasteiger partial charge in [0.15, 0.2) is 0 Å². The van der Waals surface area contributed by atoms with E-state index in [0.29, 0.717) is 0 Å². The van der Waals surface area contributed by atoms with E-state index >= 15 is 0 Å². The molecule has 0 unspecified atom stereocenters. The molecule has 104 valence electrons. The highest BCUT2D eigenvalue weighted by molar-refractivity contribution is 5.20. The average Bonchev–Trinajstić information content (AvgIpc) is 2.36. The van der Waals surface area contributed by atoms with Gasteiger partial charge in [0.05, 0.1) is 0 Å². The molecule has 0 amide bonds. The summed E-state index contributed by atoms with van der Waals surface area (Å²) >= 11 is 0. The Morgan fingerprint density at radius 1 is 0.684 bits per heavy atom. The molecule has 2 aromatic rings. The zero-order chi connectivity index (χ0) is 13.8. The van der Waals surface area contributed by atoms with Gasteiger partial charge in [0.1, 0.15) is 0 Å². The molecule has 0 saturated heterocycles. The molecule has 0 aliphatic heterocycles. The van der Waals surface area contributed by atoms with Gasteiger partial charge in [-0.15, -0.1) is 0 Å². The first-order valence-corrected chi connectivity index (χ1v) is 5.64. The average molecular weight is 260 g/mol. The minimum atomic E-state index is 0. The van der Waals surface area contributed by atoms with Crippen molar-refractivity contribution >= 4 is 6.15 Å². The highest BCUT2D eigenvalue weighted by Gasteiger charge is 1.79. The normalized spacial score (nSPS) is 7.53. The van der Waals surface area contributed by atoms with Gasteiger partial charge >= 0.3 is 6.15 Å². The SMILES string of the molecule is C.Cc1ccc(C)cc1.Cc1ccccc1.O=C=O.[HH]. The lowest BCUT2D eigenvalue weighted by Gasteiger charge is -1.90. The van der Waals surface area contributed by atoms with Gasteiger partial charge in [-0.1, -0.05) is 78.7 Å². The lowest BCUT2D eigenvalue weighted by atomic mass is 10.2. The Labute approximate surface area is 117 Å². The van der Waals surface area contributed by atoms with Gasteiger partial charge in [-0.25, -0.2) is 0 Å². The van der Waals surface area contributed by atoms with Crippen LogP contribution in [0.15, 0.2) is 54.6 Å². The molecule has 2 heteroatoms. The summed E-state index contributed by atoms with van der Waals surface area (Å²) < 4.78 is 0. The number of aryl methyl sites for hydroxylation is 3. The van der Waals surface area contributed by atoms with Crippen LogP contribution in [0, 0.1) is 20.8 Å². The van der Waals surface area contributed by atoms with Crippen molar-refractivity contribution in [2.75, 3.05) is 0 Å². The van der Waals surface area contributed by atoms with Gasteiger partial charge in [-0.05, 0) is 20.8 Å². The smallest absolute Gasteiger partial charge is 0.186 e. The Morgan fingerprint density at radius 2 is 0.947 bits per heavy atom. The first-order valence-electron chi connectivity index (χ1n) is 5.64. The lowest BCUT2D eigenvalue weighted by molar-refractivity contribution is -0.191. The van der Waals surface area contributed by atoms with Crippen molar-refractivity contribution in [1.82, 2.24) is 0 Å². The Morgan fingerprint density at radius 3 is 1.16 bits per heavy atom. The maximum Gasteiger partial charge on any atom is 0.373 e. The summed E-state index contributed by atoms with van der Waals surface area (Å²) in [5.74, 6) is 0. The molecular formula is C17H24O2. The van der Waals surface area contributed by atoms with Crippen LogP contribution >= 0.6 is 0 Å². The maximum absolute atomic E-state index is 8.12. The van der Waals surface area contributed by atoms with Gasteiger partial charge in [0.25, 0.3) is 0 Å². The van der Waals surface area contributed by atoms with Crippen LogP contribution in [-0.2, 0) is 9.59 Å². The molecule has 0 saturated carbocycles. The van der Waals surface area contributed by atoms with Crippen LogP contribution in [0.1, 0.15) is 25.5 Å². The maximum atomic E-state index is 8.12. The van der Waals surface area contributed by atoms with Gasteiger partial charge in [-0.2, -0.15) is 9.59 Å². The zero-order valence-corrected chi connectivity index (χ0v) is 11.0. The zero-order valence-electron chi connectivity index (χ0n) is 11.0. The van der Waals surface area contributed by atoms with Gasteiger partial charge < -0.3 is 0 Å². The molecule has 0 fully saturated rings. The summed E-state index contributed by atoms with van der Waals surface area (Å²) in [5, 5.41) is 0. The van der Waals surface area contributed by atoms with Crippen LogP contribution in [0.3, 0.4) is 0 Å². The molecule has 0 aromatic heterocycles. The lowest BCUT2D eigenvalue weighted by Crippen LogP contribution is -1.70. The van der Waals surface area contributed by atoms with Crippen molar-refractivity contribution in [3.63, 3.8) is 0 Å². The van der Waals surface area contributed by atoms with Crippen molar-refractivity contribution in [3.05, 3.63) is 71.3 Å². The first kappa shape index (κ1) is 19.2. The van der Waals surface area contributed by atoms with Crippen molar-refractivity contribution in [3.8, 4) is 0 Å². The van der Waals surface area contributed by atoms with E-state index in [1.807, 2.05) is 18.2 Å². The number of rotatable bonds is 0. The fourth-order valence-corrected chi connectivity index (χ4v) is 1.17. The molecule has 19 heavy (non-hydrogen) atoms. The van der Waals surface area contributed by atoms with E-state index in [0.717, 1.165) is 0 Å². The van der Waals surface area contributed by atoms with Gasteiger partial charge in [0.2, 0.25) is 0 Å². The summed E-state index contributed by atoms with van der Waals surface area (Å²) in [4.78, 5) is 16.2. The predicted octanol–water partition coefficient (Wildman–Crippen LogP) is 4.60. The third-order valence-corrected chi connectivity index (χ3v) is 2.16. The monoisotopic (exact) mass is 260 g/mol. The molecule has 2 nitrogen and oxygen atoms in total. The van der Waals surface area contributed by atoms with Crippen molar-refractivity contribution < 1.29 is 11.0 Å². The second-order valence-electron chi connectivity index (χ2n) is 3.89. The fourth-order valence-electron chi connectivity index (χ4n) is 1.17. The van der Waals surface area contributed by atoms with Crippen LogP contribution < -0.4 is 0 Å². The molecule has 0 spiro atoms. The van der Waals surface area contributed by atoms with Crippen molar-refractivity contribution in [2.45, 2.75) is 28.2 Å². The van der Waals surface area contributed by atoms with E-state index < -0.39 is 0 Å². The van der Waals surface area contributed by atoms with Gasteiger partial charge in [0, 0.05) is 1.43 Å². The third kappa shape index (κ3) is 12.1. The number of hydrogen-bond acceptors (Lipinski definition) is 2. The summed E-state index contributed by atoms with van der Waals surface area (Å²) in [6.45, 7) is 6.28. The molecule has 2 rings (SSSR count). The molecular weight excluding hydrogens is 236 g/mol. The summed E-state index contributed by atoms with van der Waals surface area (Å²) in [5.41, 5.74) is 3.98. The molecule has 0 aliphatic carbocycles. The number of carbonyl (C=O) groups excluding carboxylic acids is 2. The largest absolute Gasteiger partial charge is 0.373 e. The molecule has 0 radical (unpaired) electrons. The minimum Gasteiger partial charge on any atom is -0.186 e. The summed E-state index contributed by atoms with van der Waals surface area (Å²) in [7, 11) is 0. The van der Waals surface area contributed by atoms with Crippen molar-refractivity contribution in [1.29, 1.82) is 0 Å². The summed E-state index contributed by atoms with van der Waals surface area (Å²) in [6, 6.07) is 18.7. The third-order valence-electron chi connectivity index (χ3n) is 2.16. The first-order chi connectivity index (χ1) is 8.60. The summed E-state index contributed by atoms with van der Waals surface area (Å²) in [6.07, 6.45) is 0.250. The van der Waals surface area contributed by atoms with Crippen LogP contribution in [0.2, 0.25) is 0 Å². The molecule has 2 aromatic carbocycles. The second kappa shape index (κ2) is 12.3. The highest BCUT2D eigenvalue weighted by atomic mass is 16.2. The van der Waals surface area contributed by atoms with Crippen LogP contribution in [0.25, 0.3) is 0 Å². The van der Waals surface area contributed by atoms with E-state index in [9.17, 15) is 0 Å². The Bertz CT molecular complexity index is 437. The topological polar surface area (TPSA) is 34.1 Å². The predicted molar refractivity (Wildman–Crippen MR) is 80.9 cm³/mol. The van der Waals surface area contributed by atoms with Crippen LogP contribution in [-0.4, -0.2) is 6.15 Å². The van der Waals surface area contributed by atoms with E-state index in [4.69, 9.17) is 9.59 Å². The Kier molecular flexibility index (Phi) is 12.4. The second-order valence-corrected chi connectivity index (χ2v) is 3.89. The van der Waals surface area contributed by atoms with Crippen LogP contribution in [0.4, 0.5) is 0 Å². The van der Waals surface area contributed by atoms with Gasteiger partial charge in [-0.3, -0.25) is 0 Å². The Balaban J connectivity index is -0.000000225. The Hall–Kier alpha value is -2.18. The minimum absolute atomic E-state index is 0. The van der Waals surface area contributed by atoms with E-state index in [2.05, 4.69) is 57.2 Å². The van der Waals surface area contributed by atoms with Crippen molar-refractivity contribution in [2.24, 2.45) is 0 Å². The molecule has 0 N–H and O–H groups in total. The van der Waals surface area contributed by atoms with E-state index in [1.54, 1.807) is 0 Å². The molecule has 0 aliphatic rings. The molecule has 0 atom stereocenters. The number of hydrogen-bond donors (Lipinski definition) is 0. The highest BCUT2D eigenvalue weighted by Crippen LogP contribution is 1.99. The molecule has 0 heterocycles. The number of benzene rings is 2. The van der Waals surface area contributed by atoms with E-state index in [-0.39, 0.29) is 15.0 Å². The standard InChI is InChI=1S/C8H10.C7H8.CO2.CH4.H2/c1-7-3-5-8(2)6-4-7;1-7-5-3-2-4-6-7;2-1-3;;/h3-6H,1-2H3;2-6H,1H3;;1H4;1H. The quantitative estimate of drug-likeness (QED) is 0.694. The van der Waals surface area contributed by atoms with E-state index in [1.165, 1.54) is 16.7 Å². The fraction of sp³-hybridized carbons (Fsp3) is 0.235.